The number of aromatic nitrogens is 2. The largest absolute Gasteiger partial charge is 0.260 e. The number of anilines is 1. The second kappa shape index (κ2) is 7.17. The summed E-state index contributed by atoms with van der Waals surface area (Å²) in [7, 11) is 0. The van der Waals surface area contributed by atoms with Crippen molar-refractivity contribution >= 4 is 33.1 Å². The van der Waals surface area contributed by atoms with E-state index in [-0.39, 0.29) is 0 Å². The fourth-order valence-electron chi connectivity index (χ4n) is 3.70. The van der Waals surface area contributed by atoms with E-state index in [1.165, 1.54) is 21.6 Å². The van der Waals surface area contributed by atoms with Gasteiger partial charge in [0.1, 0.15) is 10.7 Å². The van der Waals surface area contributed by atoms with Crippen LogP contribution in [0, 0.1) is 6.92 Å². The zero-order chi connectivity index (χ0) is 18.9. The Morgan fingerprint density at radius 1 is 0.964 bits per heavy atom. The van der Waals surface area contributed by atoms with Gasteiger partial charge in [0.15, 0.2) is 5.82 Å². The van der Waals surface area contributed by atoms with Crippen molar-refractivity contribution in [3.8, 4) is 10.4 Å². The number of fused-ring (bicyclic) bond motifs is 2. The standard InChI is InChI=1S/C23H20N4S/c1-15-24-22(27-26-20-13-7-11-16-8-5-6-12-18(16)20)19-14-21(28-23(19)25-15)17-9-3-2-4-10-17/h2-6,8-10,12,14H,7,11,13H2,1H3,(H,24,25,27)/b26-20+. The van der Waals surface area contributed by atoms with Crippen LogP contribution in [0.4, 0.5) is 5.82 Å². The van der Waals surface area contributed by atoms with E-state index >= 15 is 0 Å². The van der Waals surface area contributed by atoms with E-state index in [0.29, 0.717) is 0 Å². The molecule has 2 aromatic carbocycles. The number of hydrazone groups is 1. The number of benzene rings is 2. The molecule has 0 amide bonds. The summed E-state index contributed by atoms with van der Waals surface area (Å²) in [6.07, 6.45) is 3.24. The summed E-state index contributed by atoms with van der Waals surface area (Å²) in [4.78, 5) is 11.4. The van der Waals surface area contributed by atoms with E-state index in [1.54, 1.807) is 11.3 Å². The van der Waals surface area contributed by atoms with Crippen molar-refractivity contribution in [1.29, 1.82) is 0 Å². The second-order valence-electron chi connectivity index (χ2n) is 7.00. The molecule has 0 spiro atoms. The van der Waals surface area contributed by atoms with Crippen LogP contribution in [0.25, 0.3) is 20.7 Å². The first-order chi connectivity index (χ1) is 13.8. The van der Waals surface area contributed by atoms with Gasteiger partial charge in [-0.05, 0) is 43.4 Å². The quantitative estimate of drug-likeness (QED) is 0.453. The van der Waals surface area contributed by atoms with Crippen molar-refractivity contribution in [1.82, 2.24) is 9.97 Å². The van der Waals surface area contributed by atoms with Gasteiger partial charge in [-0.3, -0.25) is 5.43 Å². The fourth-order valence-corrected chi connectivity index (χ4v) is 4.78. The van der Waals surface area contributed by atoms with Crippen LogP contribution in [0.3, 0.4) is 0 Å². The summed E-state index contributed by atoms with van der Waals surface area (Å²) in [5.41, 5.74) is 8.17. The highest BCUT2D eigenvalue weighted by Crippen LogP contribution is 2.35. The normalized spacial score (nSPS) is 15.0. The summed E-state index contributed by atoms with van der Waals surface area (Å²) in [5.74, 6) is 1.53. The molecule has 2 aromatic heterocycles. The first-order valence-corrected chi connectivity index (χ1v) is 10.3. The molecule has 0 bridgehead atoms. The lowest BCUT2D eigenvalue weighted by Crippen LogP contribution is -2.13. The molecule has 2 heterocycles. The van der Waals surface area contributed by atoms with Crippen LogP contribution < -0.4 is 5.43 Å². The Hall–Kier alpha value is -3.05. The van der Waals surface area contributed by atoms with Gasteiger partial charge in [-0.2, -0.15) is 5.10 Å². The van der Waals surface area contributed by atoms with Crippen molar-refractivity contribution in [2.45, 2.75) is 26.2 Å². The zero-order valence-electron chi connectivity index (χ0n) is 15.6. The molecule has 0 unspecified atom stereocenters. The van der Waals surface area contributed by atoms with Gasteiger partial charge in [-0.1, -0.05) is 54.6 Å². The van der Waals surface area contributed by atoms with Crippen molar-refractivity contribution in [2.24, 2.45) is 5.10 Å². The number of nitrogens with one attached hydrogen (secondary N) is 1. The molecular weight excluding hydrogens is 364 g/mol. The molecule has 5 rings (SSSR count). The summed E-state index contributed by atoms with van der Waals surface area (Å²) < 4.78 is 0. The molecule has 4 aromatic rings. The Bertz CT molecular complexity index is 1180. The lowest BCUT2D eigenvalue weighted by molar-refractivity contribution is 0.837. The summed E-state index contributed by atoms with van der Waals surface area (Å²) >= 11 is 1.69. The molecule has 5 heteroatoms. The topological polar surface area (TPSA) is 50.2 Å². The number of rotatable bonds is 3. The van der Waals surface area contributed by atoms with Gasteiger partial charge in [0.25, 0.3) is 0 Å². The molecule has 0 saturated carbocycles. The van der Waals surface area contributed by atoms with Gasteiger partial charge >= 0.3 is 0 Å². The molecule has 0 fully saturated rings. The van der Waals surface area contributed by atoms with Crippen LogP contribution in [-0.4, -0.2) is 15.7 Å². The van der Waals surface area contributed by atoms with E-state index in [4.69, 9.17) is 5.10 Å². The van der Waals surface area contributed by atoms with Crippen molar-refractivity contribution in [3.05, 3.63) is 77.6 Å². The second-order valence-corrected chi connectivity index (χ2v) is 8.03. The average Bonchev–Trinajstić information content (AvgIpc) is 3.16. The van der Waals surface area contributed by atoms with Crippen LogP contribution in [-0.2, 0) is 6.42 Å². The molecule has 4 nitrogen and oxygen atoms in total. The minimum absolute atomic E-state index is 0.751. The molecule has 0 radical (unpaired) electrons. The maximum absolute atomic E-state index is 4.75. The van der Waals surface area contributed by atoms with Crippen molar-refractivity contribution in [3.63, 3.8) is 0 Å². The summed E-state index contributed by atoms with van der Waals surface area (Å²) in [6, 6.07) is 21.1. The molecular formula is C23H20N4S. The highest BCUT2D eigenvalue weighted by Gasteiger charge is 2.16. The highest BCUT2D eigenvalue weighted by atomic mass is 32.1. The van der Waals surface area contributed by atoms with Crippen LogP contribution in [0.15, 0.2) is 65.8 Å². The van der Waals surface area contributed by atoms with Gasteiger partial charge in [0.05, 0.1) is 11.1 Å². The zero-order valence-corrected chi connectivity index (χ0v) is 16.5. The molecule has 0 aliphatic heterocycles. The van der Waals surface area contributed by atoms with E-state index in [1.807, 2.05) is 13.0 Å². The molecule has 138 valence electrons. The number of hydrogen-bond donors (Lipinski definition) is 1. The monoisotopic (exact) mass is 384 g/mol. The van der Waals surface area contributed by atoms with Gasteiger partial charge < -0.3 is 0 Å². The van der Waals surface area contributed by atoms with Crippen LogP contribution >= 0.6 is 11.3 Å². The average molecular weight is 385 g/mol. The predicted molar refractivity (Wildman–Crippen MR) is 117 cm³/mol. The van der Waals surface area contributed by atoms with E-state index < -0.39 is 0 Å². The maximum atomic E-state index is 4.75. The SMILES string of the molecule is Cc1nc(N/N=C2\CCCc3ccccc32)c2cc(-c3ccccc3)sc2n1. The van der Waals surface area contributed by atoms with Gasteiger partial charge in [0.2, 0.25) is 0 Å². The van der Waals surface area contributed by atoms with E-state index in [0.717, 1.165) is 46.8 Å². The minimum atomic E-state index is 0.751. The molecule has 0 saturated heterocycles. The lowest BCUT2D eigenvalue weighted by atomic mass is 9.90. The van der Waals surface area contributed by atoms with Crippen LogP contribution in [0.2, 0.25) is 0 Å². The maximum Gasteiger partial charge on any atom is 0.158 e. The highest BCUT2D eigenvalue weighted by molar-refractivity contribution is 7.21. The minimum Gasteiger partial charge on any atom is -0.260 e. The molecule has 1 N–H and O–H groups in total. The number of hydrogen-bond acceptors (Lipinski definition) is 5. The van der Waals surface area contributed by atoms with Gasteiger partial charge in [0, 0.05) is 10.4 Å². The third-order valence-electron chi connectivity index (χ3n) is 5.05. The fraction of sp³-hybridized carbons (Fsp3) is 0.174. The third-order valence-corrected chi connectivity index (χ3v) is 6.13. The Morgan fingerprint density at radius 2 is 1.79 bits per heavy atom. The Morgan fingerprint density at radius 3 is 2.68 bits per heavy atom. The Balaban J connectivity index is 1.54. The number of nitrogens with zero attached hydrogens (tertiary/aromatic N) is 3. The first-order valence-electron chi connectivity index (χ1n) is 9.52. The van der Waals surface area contributed by atoms with E-state index in [2.05, 4.69) is 70.0 Å². The van der Waals surface area contributed by atoms with Gasteiger partial charge in [-0.15, -0.1) is 11.3 Å². The van der Waals surface area contributed by atoms with Crippen LogP contribution in [0.5, 0.6) is 0 Å². The Labute approximate surface area is 168 Å². The van der Waals surface area contributed by atoms with E-state index in [9.17, 15) is 0 Å². The smallest absolute Gasteiger partial charge is 0.158 e. The lowest BCUT2D eigenvalue weighted by Gasteiger charge is -2.17. The van der Waals surface area contributed by atoms with Crippen LogP contribution in [0.1, 0.15) is 29.8 Å². The molecule has 0 atom stereocenters. The Kier molecular flexibility index (Phi) is 4.37. The third kappa shape index (κ3) is 3.18. The summed E-state index contributed by atoms with van der Waals surface area (Å²) in [6.45, 7) is 1.93. The molecule has 1 aliphatic carbocycles. The number of thiophene rings is 1. The first kappa shape index (κ1) is 17.1. The van der Waals surface area contributed by atoms with Crippen molar-refractivity contribution in [2.75, 3.05) is 5.43 Å². The van der Waals surface area contributed by atoms with Gasteiger partial charge in [-0.25, -0.2) is 9.97 Å². The van der Waals surface area contributed by atoms with Crippen molar-refractivity contribution < 1.29 is 0 Å². The molecule has 28 heavy (non-hydrogen) atoms. The molecule has 1 aliphatic rings. The predicted octanol–water partition coefficient (Wildman–Crippen LogP) is 5.82. The number of aryl methyl sites for hydroxylation is 2. The summed E-state index contributed by atoms with van der Waals surface area (Å²) in [5, 5.41) is 5.77.